The van der Waals surface area contributed by atoms with E-state index in [2.05, 4.69) is 12.1 Å². The van der Waals surface area contributed by atoms with Crippen molar-refractivity contribution in [1.29, 1.82) is 0 Å². The number of hydrogen-bond donors (Lipinski definition) is 0. The maximum absolute atomic E-state index is 12.6. The highest BCUT2D eigenvalue weighted by molar-refractivity contribution is 5.86. The molecular weight excluding hydrogens is 514 g/mol. The number of nitrogens with zero attached hydrogens (tertiary/aromatic N) is 1. The molecule has 0 spiro atoms. The molecule has 41 heavy (non-hydrogen) atoms. The summed E-state index contributed by atoms with van der Waals surface area (Å²) in [6.45, 7) is 3.73. The van der Waals surface area contributed by atoms with Gasteiger partial charge in [0.25, 0.3) is 0 Å². The lowest BCUT2D eigenvalue weighted by Crippen LogP contribution is -2.30. The molecule has 0 radical (unpaired) electrons. The van der Waals surface area contributed by atoms with Gasteiger partial charge in [0, 0.05) is 13.6 Å². The summed E-state index contributed by atoms with van der Waals surface area (Å²) in [6, 6.07) is 30.0. The van der Waals surface area contributed by atoms with Crippen molar-refractivity contribution in [3.63, 3.8) is 0 Å². The number of unbranched alkanes of at least 4 members (excludes halogenated alkanes) is 1. The molecule has 1 atom stereocenters. The molecule has 4 aromatic rings. The third kappa shape index (κ3) is 8.84. The van der Waals surface area contributed by atoms with Crippen LogP contribution in [0.4, 0.5) is 0 Å². The van der Waals surface area contributed by atoms with Crippen LogP contribution < -0.4 is 9.47 Å². The van der Waals surface area contributed by atoms with Crippen LogP contribution in [0.3, 0.4) is 0 Å². The van der Waals surface area contributed by atoms with E-state index in [1.165, 1.54) is 12.7 Å². The van der Waals surface area contributed by atoms with Crippen molar-refractivity contribution in [1.82, 2.24) is 4.90 Å². The summed E-state index contributed by atoms with van der Waals surface area (Å²) < 4.78 is 16.7. The monoisotopic (exact) mass is 553 g/mol. The number of hydrogen-bond acceptors (Lipinski definition) is 5. The molecule has 0 bridgehead atoms. The fourth-order valence-electron chi connectivity index (χ4n) is 4.58. The Kier molecular flexibility index (Phi) is 10.8. The minimum Gasteiger partial charge on any atom is -0.494 e. The van der Waals surface area contributed by atoms with Gasteiger partial charge in [-0.15, -0.1) is 0 Å². The highest BCUT2D eigenvalue weighted by Crippen LogP contribution is 2.26. The highest BCUT2D eigenvalue weighted by atomic mass is 16.5. The number of ether oxygens (including phenoxy) is 3. The molecule has 0 heterocycles. The van der Waals surface area contributed by atoms with Crippen molar-refractivity contribution in [2.75, 3.05) is 33.9 Å². The van der Waals surface area contributed by atoms with E-state index in [1.807, 2.05) is 92.8 Å². The fourth-order valence-corrected chi connectivity index (χ4v) is 4.58. The van der Waals surface area contributed by atoms with Gasteiger partial charge in [-0.2, -0.15) is 0 Å². The van der Waals surface area contributed by atoms with Gasteiger partial charge in [-0.3, -0.25) is 9.59 Å². The number of carbonyl (C=O) groups is 2. The van der Waals surface area contributed by atoms with Gasteiger partial charge in [-0.25, -0.2) is 0 Å². The fraction of sp³-hybridized carbons (Fsp3) is 0.314. The first-order chi connectivity index (χ1) is 19.9. The second-order valence-electron chi connectivity index (χ2n) is 10.3. The zero-order valence-electron chi connectivity index (χ0n) is 24.2. The van der Waals surface area contributed by atoms with Gasteiger partial charge in [-0.05, 0) is 77.9 Å². The van der Waals surface area contributed by atoms with Crippen molar-refractivity contribution < 1.29 is 23.8 Å². The van der Waals surface area contributed by atoms with Crippen molar-refractivity contribution in [2.45, 2.75) is 38.5 Å². The Morgan fingerprint density at radius 3 is 2.12 bits per heavy atom. The Bertz CT molecular complexity index is 1420. The summed E-state index contributed by atoms with van der Waals surface area (Å²) in [6.07, 6.45) is 2.95. The molecular formula is C35H39NO5. The molecule has 0 N–H and O–H groups in total. The van der Waals surface area contributed by atoms with Gasteiger partial charge >= 0.3 is 5.97 Å². The smallest absolute Gasteiger partial charge is 0.312 e. The number of fused-ring (bicyclic) bond motifs is 1. The van der Waals surface area contributed by atoms with E-state index in [0.717, 1.165) is 52.7 Å². The maximum atomic E-state index is 12.6. The first-order valence-corrected chi connectivity index (χ1v) is 14.2. The van der Waals surface area contributed by atoms with E-state index in [9.17, 15) is 9.59 Å². The number of esters is 1. The van der Waals surface area contributed by atoms with E-state index in [-0.39, 0.29) is 17.8 Å². The van der Waals surface area contributed by atoms with Crippen LogP contribution in [0.5, 0.6) is 11.5 Å². The van der Waals surface area contributed by atoms with E-state index in [0.29, 0.717) is 26.2 Å². The zero-order valence-corrected chi connectivity index (χ0v) is 24.2. The summed E-state index contributed by atoms with van der Waals surface area (Å²) in [5.74, 6) is 1.15. The minimum absolute atomic E-state index is 0.109. The van der Waals surface area contributed by atoms with E-state index < -0.39 is 0 Å². The Hall–Kier alpha value is -4.32. The highest BCUT2D eigenvalue weighted by Gasteiger charge is 2.16. The quantitative estimate of drug-likeness (QED) is 0.130. The van der Waals surface area contributed by atoms with Gasteiger partial charge in [0.15, 0.2) is 0 Å². The van der Waals surface area contributed by atoms with Gasteiger partial charge in [0.2, 0.25) is 5.91 Å². The van der Waals surface area contributed by atoms with Gasteiger partial charge in [-0.1, -0.05) is 66.7 Å². The Balaban J connectivity index is 1.15. The molecule has 0 aromatic heterocycles. The molecule has 1 unspecified atom stereocenters. The summed E-state index contributed by atoms with van der Waals surface area (Å²) in [7, 11) is 3.27. The SMILES string of the molecule is COC(=O)C(C)c1ccc2ccc(OCCCCOc3ccc(CC(=O)N(C)CCc4ccccc4)cc3)cc2c1. The van der Waals surface area contributed by atoms with Gasteiger partial charge < -0.3 is 19.1 Å². The molecule has 4 aromatic carbocycles. The normalized spacial score (nSPS) is 11.6. The molecule has 0 aliphatic heterocycles. The van der Waals surface area contributed by atoms with Crippen LogP contribution in [0.25, 0.3) is 10.8 Å². The van der Waals surface area contributed by atoms with Crippen LogP contribution in [0.15, 0.2) is 91.0 Å². The average Bonchev–Trinajstić information content (AvgIpc) is 3.01. The summed E-state index contributed by atoms with van der Waals surface area (Å²) >= 11 is 0. The molecule has 4 rings (SSSR count). The van der Waals surface area contributed by atoms with Crippen LogP contribution in [-0.4, -0.2) is 50.7 Å². The van der Waals surface area contributed by atoms with E-state index in [4.69, 9.17) is 14.2 Å². The standard InChI is InChI=1S/C35H39NO5/c1-26(35(38)39-3)30-14-13-29-15-18-33(25-31(29)24-30)41-22-8-7-21-40-32-16-11-28(12-17-32)23-34(37)36(2)20-19-27-9-5-4-6-10-27/h4-6,9-18,24-26H,7-8,19-23H2,1-3H3. The van der Waals surface area contributed by atoms with E-state index >= 15 is 0 Å². The average molecular weight is 554 g/mol. The topological polar surface area (TPSA) is 65.1 Å². The van der Waals surface area contributed by atoms with Crippen molar-refractivity contribution in [2.24, 2.45) is 0 Å². The number of likely N-dealkylation sites (N-methyl/N-ethyl adjacent to an activating group) is 1. The van der Waals surface area contributed by atoms with Crippen LogP contribution in [0.1, 0.15) is 42.4 Å². The predicted octanol–water partition coefficient (Wildman–Crippen LogP) is 6.60. The molecule has 6 nitrogen and oxygen atoms in total. The lowest BCUT2D eigenvalue weighted by atomic mass is 9.98. The Morgan fingerprint density at radius 2 is 1.41 bits per heavy atom. The lowest BCUT2D eigenvalue weighted by molar-refractivity contribution is -0.142. The van der Waals surface area contributed by atoms with Gasteiger partial charge in [0.1, 0.15) is 11.5 Å². The van der Waals surface area contributed by atoms with Crippen LogP contribution in [0.2, 0.25) is 0 Å². The van der Waals surface area contributed by atoms with Crippen molar-refractivity contribution in [3.8, 4) is 11.5 Å². The number of methoxy groups -OCH3 is 1. The number of benzene rings is 4. The van der Waals surface area contributed by atoms with Crippen LogP contribution in [0, 0.1) is 0 Å². The maximum Gasteiger partial charge on any atom is 0.312 e. The first kappa shape index (κ1) is 29.7. The third-order valence-electron chi connectivity index (χ3n) is 7.25. The Morgan fingerprint density at radius 1 is 0.756 bits per heavy atom. The first-order valence-electron chi connectivity index (χ1n) is 14.2. The summed E-state index contributed by atoms with van der Waals surface area (Å²) in [5, 5.41) is 2.13. The zero-order chi connectivity index (χ0) is 29.0. The largest absolute Gasteiger partial charge is 0.494 e. The lowest BCUT2D eigenvalue weighted by Gasteiger charge is -2.17. The number of carbonyl (C=O) groups excluding carboxylic acids is 2. The Labute approximate surface area is 242 Å². The predicted molar refractivity (Wildman–Crippen MR) is 163 cm³/mol. The molecule has 214 valence electrons. The third-order valence-corrected chi connectivity index (χ3v) is 7.25. The number of rotatable bonds is 14. The molecule has 0 aliphatic rings. The van der Waals surface area contributed by atoms with Crippen molar-refractivity contribution >= 4 is 22.6 Å². The molecule has 0 saturated heterocycles. The van der Waals surface area contributed by atoms with E-state index in [1.54, 1.807) is 4.90 Å². The summed E-state index contributed by atoms with van der Waals surface area (Å²) in [5.41, 5.74) is 3.13. The molecule has 0 saturated carbocycles. The summed E-state index contributed by atoms with van der Waals surface area (Å²) in [4.78, 5) is 26.3. The molecule has 0 aliphatic carbocycles. The van der Waals surface area contributed by atoms with Crippen LogP contribution in [-0.2, 0) is 27.2 Å². The van der Waals surface area contributed by atoms with Crippen molar-refractivity contribution in [3.05, 3.63) is 108 Å². The van der Waals surface area contributed by atoms with Crippen LogP contribution >= 0.6 is 0 Å². The second kappa shape index (κ2) is 14.9. The molecule has 1 amide bonds. The molecule has 6 heteroatoms. The molecule has 0 fully saturated rings. The second-order valence-corrected chi connectivity index (χ2v) is 10.3. The minimum atomic E-state index is -0.315. The number of amides is 1. The van der Waals surface area contributed by atoms with Gasteiger partial charge in [0.05, 0.1) is 32.7 Å².